The molecule has 0 aromatic heterocycles. The first-order chi connectivity index (χ1) is 7.45. The molecule has 0 fully saturated rings. The fourth-order valence-corrected chi connectivity index (χ4v) is 2.00. The van der Waals surface area contributed by atoms with Gasteiger partial charge in [0.1, 0.15) is 0 Å². The Bertz CT molecular complexity index is 446. The first kappa shape index (κ1) is 8.50. The van der Waals surface area contributed by atoms with Crippen LogP contribution in [0.5, 0.6) is 0 Å². The van der Waals surface area contributed by atoms with Crippen LogP contribution in [0, 0.1) is 0 Å². The van der Waals surface area contributed by atoms with E-state index in [-0.39, 0.29) is 0 Å². The number of nitrogens with one attached hydrogen (secondary N) is 2. The quantitative estimate of drug-likeness (QED) is 0.677. The van der Waals surface area contributed by atoms with Crippen LogP contribution in [0.1, 0.15) is 5.56 Å². The van der Waals surface area contributed by atoms with Crippen LogP contribution >= 0.6 is 0 Å². The molecular weight excluding hydrogens is 184 g/mol. The maximum absolute atomic E-state index is 3.22. The molecule has 15 heavy (non-hydrogen) atoms. The van der Waals surface area contributed by atoms with Crippen molar-refractivity contribution >= 4 is 5.69 Å². The number of para-hydroxylation sites is 1. The second kappa shape index (κ2) is 3.41. The van der Waals surface area contributed by atoms with Crippen LogP contribution in [0.2, 0.25) is 0 Å². The third-order valence-corrected chi connectivity index (χ3v) is 2.74. The molecule has 0 bridgehead atoms. The molecule has 2 heteroatoms. The van der Waals surface area contributed by atoms with E-state index in [1.807, 2.05) is 6.07 Å². The van der Waals surface area contributed by atoms with Crippen molar-refractivity contribution in [2.45, 2.75) is 6.54 Å². The highest BCUT2D eigenvalue weighted by Gasteiger charge is 2.11. The van der Waals surface area contributed by atoms with Crippen LogP contribution in [0.15, 0.2) is 48.5 Å². The normalized spacial score (nSPS) is 13.3. The summed E-state index contributed by atoms with van der Waals surface area (Å²) in [5.41, 5.74) is 11.5. The predicted octanol–water partition coefficient (Wildman–Crippen LogP) is 2.78. The molecule has 2 aromatic carbocycles. The SMILES string of the molecule is c1ccc2c(c1)CNNc1ccccc1-2. The standard InChI is InChI=1S/C13H12N2/c1-2-6-11-10(5-1)9-14-15-13-8-4-3-7-12(11)13/h1-8,14-15H,9H2. The summed E-state index contributed by atoms with van der Waals surface area (Å²) in [7, 11) is 0. The van der Waals surface area contributed by atoms with Crippen LogP contribution in [-0.4, -0.2) is 0 Å². The number of rotatable bonds is 0. The van der Waals surface area contributed by atoms with E-state index < -0.39 is 0 Å². The van der Waals surface area contributed by atoms with E-state index in [1.54, 1.807) is 0 Å². The van der Waals surface area contributed by atoms with Gasteiger partial charge in [-0.15, -0.1) is 0 Å². The van der Waals surface area contributed by atoms with Gasteiger partial charge in [0.2, 0.25) is 0 Å². The average molecular weight is 196 g/mol. The molecule has 0 saturated carbocycles. The van der Waals surface area contributed by atoms with Gasteiger partial charge in [0.25, 0.3) is 0 Å². The molecule has 1 aliphatic rings. The Morgan fingerprint density at radius 3 is 2.47 bits per heavy atom. The summed E-state index contributed by atoms with van der Waals surface area (Å²) in [6.07, 6.45) is 0. The van der Waals surface area contributed by atoms with Crippen molar-refractivity contribution in [3.05, 3.63) is 54.1 Å². The fourth-order valence-electron chi connectivity index (χ4n) is 2.00. The molecule has 0 aliphatic carbocycles. The molecule has 74 valence electrons. The Kier molecular flexibility index (Phi) is 1.93. The van der Waals surface area contributed by atoms with Gasteiger partial charge in [-0.2, -0.15) is 0 Å². The molecular formula is C13H12N2. The smallest absolute Gasteiger partial charge is 0.0566 e. The number of hydrogen-bond acceptors (Lipinski definition) is 2. The van der Waals surface area contributed by atoms with Crippen molar-refractivity contribution in [3.63, 3.8) is 0 Å². The Morgan fingerprint density at radius 1 is 0.800 bits per heavy atom. The number of fused-ring (bicyclic) bond motifs is 3. The minimum Gasteiger partial charge on any atom is -0.321 e. The average Bonchev–Trinajstić information content (AvgIpc) is 2.48. The highest BCUT2D eigenvalue weighted by Crippen LogP contribution is 2.31. The van der Waals surface area contributed by atoms with Crippen molar-refractivity contribution < 1.29 is 0 Å². The van der Waals surface area contributed by atoms with Gasteiger partial charge in [-0.3, -0.25) is 0 Å². The monoisotopic (exact) mass is 196 g/mol. The molecule has 0 spiro atoms. The highest BCUT2D eigenvalue weighted by molar-refractivity contribution is 5.80. The van der Waals surface area contributed by atoms with E-state index in [0.29, 0.717) is 0 Å². The maximum atomic E-state index is 3.22. The second-order valence-electron chi connectivity index (χ2n) is 3.68. The molecule has 2 aromatic rings. The van der Waals surface area contributed by atoms with E-state index in [1.165, 1.54) is 16.7 Å². The molecule has 3 rings (SSSR count). The molecule has 0 radical (unpaired) electrons. The lowest BCUT2D eigenvalue weighted by Crippen LogP contribution is -2.19. The van der Waals surface area contributed by atoms with E-state index in [0.717, 1.165) is 12.2 Å². The zero-order valence-electron chi connectivity index (χ0n) is 8.33. The zero-order chi connectivity index (χ0) is 10.1. The van der Waals surface area contributed by atoms with Gasteiger partial charge in [-0.25, -0.2) is 5.43 Å². The number of hydrazine groups is 1. The number of anilines is 1. The first-order valence-corrected chi connectivity index (χ1v) is 5.11. The third-order valence-electron chi connectivity index (χ3n) is 2.74. The number of hydrogen-bond donors (Lipinski definition) is 2. The maximum Gasteiger partial charge on any atom is 0.0566 e. The van der Waals surface area contributed by atoms with Gasteiger partial charge in [-0.05, 0) is 17.2 Å². The van der Waals surface area contributed by atoms with Crippen molar-refractivity contribution in [3.8, 4) is 11.1 Å². The summed E-state index contributed by atoms with van der Waals surface area (Å²) in [4.78, 5) is 0. The molecule has 0 amide bonds. The lowest BCUT2D eigenvalue weighted by atomic mass is 9.99. The molecule has 2 N–H and O–H groups in total. The van der Waals surface area contributed by atoms with Crippen molar-refractivity contribution in [1.82, 2.24) is 5.43 Å². The Hall–Kier alpha value is -1.80. The lowest BCUT2D eigenvalue weighted by Gasteiger charge is -2.07. The third kappa shape index (κ3) is 1.39. The van der Waals surface area contributed by atoms with E-state index in [4.69, 9.17) is 0 Å². The largest absolute Gasteiger partial charge is 0.321 e. The first-order valence-electron chi connectivity index (χ1n) is 5.11. The highest BCUT2D eigenvalue weighted by atomic mass is 15.4. The Labute approximate surface area is 88.9 Å². The molecule has 0 atom stereocenters. The summed E-state index contributed by atoms with van der Waals surface area (Å²) >= 11 is 0. The lowest BCUT2D eigenvalue weighted by molar-refractivity contribution is 0.810. The molecule has 1 aliphatic heterocycles. The minimum absolute atomic E-state index is 0.852. The summed E-state index contributed by atoms with van der Waals surface area (Å²) < 4.78 is 0. The van der Waals surface area contributed by atoms with Crippen molar-refractivity contribution in [1.29, 1.82) is 0 Å². The van der Waals surface area contributed by atoms with Gasteiger partial charge in [0.05, 0.1) is 5.69 Å². The van der Waals surface area contributed by atoms with Crippen LogP contribution in [0.3, 0.4) is 0 Å². The van der Waals surface area contributed by atoms with Gasteiger partial charge in [0.15, 0.2) is 0 Å². The van der Waals surface area contributed by atoms with Crippen LogP contribution < -0.4 is 10.9 Å². The van der Waals surface area contributed by atoms with Crippen molar-refractivity contribution in [2.75, 3.05) is 5.43 Å². The van der Waals surface area contributed by atoms with Gasteiger partial charge in [-0.1, -0.05) is 42.5 Å². The van der Waals surface area contributed by atoms with Crippen LogP contribution in [0.25, 0.3) is 11.1 Å². The minimum atomic E-state index is 0.852. The van der Waals surface area contributed by atoms with E-state index in [2.05, 4.69) is 53.3 Å². The zero-order valence-corrected chi connectivity index (χ0v) is 8.33. The van der Waals surface area contributed by atoms with Gasteiger partial charge >= 0.3 is 0 Å². The predicted molar refractivity (Wildman–Crippen MR) is 62.3 cm³/mol. The van der Waals surface area contributed by atoms with Crippen molar-refractivity contribution in [2.24, 2.45) is 0 Å². The van der Waals surface area contributed by atoms with Gasteiger partial charge in [0, 0.05) is 12.1 Å². The van der Waals surface area contributed by atoms with Crippen LogP contribution in [0.4, 0.5) is 5.69 Å². The van der Waals surface area contributed by atoms with E-state index in [9.17, 15) is 0 Å². The summed E-state index contributed by atoms with van der Waals surface area (Å²) in [5.74, 6) is 0. The van der Waals surface area contributed by atoms with Crippen LogP contribution in [-0.2, 0) is 6.54 Å². The van der Waals surface area contributed by atoms with Gasteiger partial charge < -0.3 is 5.43 Å². The molecule has 0 saturated heterocycles. The Balaban J connectivity index is 2.27. The molecule has 2 nitrogen and oxygen atoms in total. The molecule has 1 heterocycles. The second-order valence-corrected chi connectivity index (χ2v) is 3.68. The fraction of sp³-hybridized carbons (Fsp3) is 0.0769. The summed E-state index contributed by atoms with van der Waals surface area (Å²) in [6, 6.07) is 16.8. The van der Waals surface area contributed by atoms with E-state index >= 15 is 0 Å². The summed E-state index contributed by atoms with van der Waals surface area (Å²) in [5, 5.41) is 0. The molecule has 0 unspecified atom stereocenters. The summed E-state index contributed by atoms with van der Waals surface area (Å²) in [6.45, 7) is 0.852. The Morgan fingerprint density at radius 2 is 1.53 bits per heavy atom. The number of benzene rings is 2. The topological polar surface area (TPSA) is 24.1 Å².